The van der Waals surface area contributed by atoms with Gasteiger partial charge >= 0.3 is 0 Å². The first kappa shape index (κ1) is 13.8. The van der Waals surface area contributed by atoms with E-state index in [4.69, 9.17) is 14.7 Å². The Kier molecular flexibility index (Phi) is 3.98. The molecular formula is C16H13BrN2O2. The summed E-state index contributed by atoms with van der Waals surface area (Å²) in [6, 6.07) is 13.4. The molecule has 2 aromatic rings. The third-order valence-electron chi connectivity index (χ3n) is 3.06. The molecule has 1 N–H and O–H groups in total. The van der Waals surface area contributed by atoms with E-state index in [2.05, 4.69) is 27.3 Å². The molecule has 21 heavy (non-hydrogen) atoms. The van der Waals surface area contributed by atoms with Crippen LogP contribution in [-0.2, 0) is 0 Å². The van der Waals surface area contributed by atoms with Gasteiger partial charge in [0.05, 0.1) is 24.8 Å². The van der Waals surface area contributed by atoms with Crippen LogP contribution in [0.25, 0.3) is 0 Å². The highest BCUT2D eigenvalue weighted by Gasteiger charge is 2.11. The van der Waals surface area contributed by atoms with Crippen molar-refractivity contribution < 1.29 is 9.47 Å². The van der Waals surface area contributed by atoms with Crippen molar-refractivity contribution in [3.05, 3.63) is 46.4 Å². The van der Waals surface area contributed by atoms with Gasteiger partial charge < -0.3 is 14.8 Å². The molecule has 0 aliphatic carbocycles. The van der Waals surface area contributed by atoms with Crippen LogP contribution >= 0.6 is 15.9 Å². The summed E-state index contributed by atoms with van der Waals surface area (Å²) in [5, 5.41) is 12.3. The first-order valence-electron chi connectivity index (χ1n) is 6.62. The number of anilines is 2. The SMILES string of the molecule is N#Cc1cc(Br)cc(Nc2ccc3c(c2)OCCCO3)c1. The molecule has 0 radical (unpaired) electrons. The lowest BCUT2D eigenvalue weighted by Gasteiger charge is -2.11. The van der Waals surface area contributed by atoms with Crippen molar-refractivity contribution in [2.45, 2.75) is 6.42 Å². The lowest BCUT2D eigenvalue weighted by atomic mass is 10.2. The molecule has 5 heteroatoms. The lowest BCUT2D eigenvalue weighted by Crippen LogP contribution is -1.97. The summed E-state index contributed by atoms with van der Waals surface area (Å²) in [4.78, 5) is 0. The first-order valence-corrected chi connectivity index (χ1v) is 7.41. The van der Waals surface area contributed by atoms with Crippen LogP contribution in [0.1, 0.15) is 12.0 Å². The third kappa shape index (κ3) is 3.29. The van der Waals surface area contributed by atoms with Crippen molar-refractivity contribution >= 4 is 27.3 Å². The Bertz CT molecular complexity index is 710. The maximum atomic E-state index is 9.01. The molecule has 1 aliphatic heterocycles. The fraction of sp³-hybridized carbons (Fsp3) is 0.188. The number of halogens is 1. The van der Waals surface area contributed by atoms with Crippen molar-refractivity contribution in [2.24, 2.45) is 0 Å². The van der Waals surface area contributed by atoms with Crippen molar-refractivity contribution in [3.8, 4) is 17.6 Å². The predicted molar refractivity (Wildman–Crippen MR) is 84.2 cm³/mol. The highest BCUT2D eigenvalue weighted by molar-refractivity contribution is 9.10. The first-order chi connectivity index (χ1) is 10.2. The minimum atomic E-state index is 0.598. The molecule has 0 fully saturated rings. The van der Waals surface area contributed by atoms with Gasteiger partial charge in [-0.3, -0.25) is 0 Å². The van der Waals surface area contributed by atoms with Gasteiger partial charge in [0.1, 0.15) is 0 Å². The maximum Gasteiger partial charge on any atom is 0.163 e. The number of hydrogen-bond acceptors (Lipinski definition) is 4. The summed E-state index contributed by atoms with van der Waals surface area (Å²) in [7, 11) is 0. The minimum Gasteiger partial charge on any atom is -0.490 e. The number of benzene rings is 2. The van der Waals surface area contributed by atoms with Crippen molar-refractivity contribution in [2.75, 3.05) is 18.5 Å². The third-order valence-corrected chi connectivity index (χ3v) is 3.52. The number of hydrogen-bond donors (Lipinski definition) is 1. The molecule has 0 saturated carbocycles. The van der Waals surface area contributed by atoms with Crippen molar-refractivity contribution in [1.29, 1.82) is 5.26 Å². The maximum absolute atomic E-state index is 9.01. The number of nitrogens with zero attached hydrogens (tertiary/aromatic N) is 1. The van der Waals surface area contributed by atoms with Crippen molar-refractivity contribution in [3.63, 3.8) is 0 Å². The standard InChI is InChI=1S/C16H13BrN2O2/c17-12-6-11(10-18)7-14(8-12)19-13-2-3-15-16(9-13)21-5-1-4-20-15/h2-3,6-9,19H,1,4-5H2. The van der Waals surface area contributed by atoms with Crippen LogP contribution in [0.15, 0.2) is 40.9 Å². The number of nitriles is 1. The van der Waals surface area contributed by atoms with Crippen LogP contribution in [0.2, 0.25) is 0 Å². The molecule has 0 unspecified atom stereocenters. The van der Waals surface area contributed by atoms with E-state index in [-0.39, 0.29) is 0 Å². The van der Waals surface area contributed by atoms with E-state index in [1.54, 1.807) is 12.1 Å². The Balaban J connectivity index is 1.87. The average Bonchev–Trinajstić information content (AvgIpc) is 2.71. The van der Waals surface area contributed by atoms with E-state index in [1.807, 2.05) is 24.3 Å². The van der Waals surface area contributed by atoms with E-state index in [9.17, 15) is 0 Å². The van der Waals surface area contributed by atoms with Gasteiger partial charge in [-0.05, 0) is 30.3 Å². The highest BCUT2D eigenvalue weighted by Crippen LogP contribution is 2.33. The topological polar surface area (TPSA) is 54.3 Å². The van der Waals surface area contributed by atoms with Gasteiger partial charge in [-0.2, -0.15) is 5.26 Å². The Morgan fingerprint density at radius 2 is 1.81 bits per heavy atom. The van der Waals surface area contributed by atoms with Gasteiger partial charge in [0.25, 0.3) is 0 Å². The Morgan fingerprint density at radius 1 is 1.00 bits per heavy atom. The van der Waals surface area contributed by atoms with E-state index in [0.29, 0.717) is 18.8 Å². The summed E-state index contributed by atoms with van der Waals surface area (Å²) in [6.45, 7) is 1.34. The Hall–Kier alpha value is -2.19. The lowest BCUT2D eigenvalue weighted by molar-refractivity contribution is 0.297. The zero-order valence-corrected chi connectivity index (χ0v) is 12.8. The van der Waals surface area contributed by atoms with Crippen LogP contribution in [0.3, 0.4) is 0 Å². The van der Waals surface area contributed by atoms with Gasteiger partial charge in [-0.1, -0.05) is 15.9 Å². The normalized spacial score (nSPS) is 13.1. The summed E-state index contributed by atoms with van der Waals surface area (Å²) in [5.74, 6) is 1.51. The van der Waals surface area contributed by atoms with Gasteiger partial charge in [0.2, 0.25) is 0 Å². The zero-order chi connectivity index (χ0) is 14.7. The van der Waals surface area contributed by atoms with E-state index < -0.39 is 0 Å². The number of ether oxygens (including phenoxy) is 2. The second-order valence-corrected chi connectivity index (χ2v) is 5.59. The molecule has 0 bridgehead atoms. The molecule has 1 heterocycles. The Labute approximate surface area is 131 Å². The highest BCUT2D eigenvalue weighted by atomic mass is 79.9. The molecular weight excluding hydrogens is 332 g/mol. The van der Waals surface area contributed by atoms with Gasteiger partial charge in [-0.25, -0.2) is 0 Å². The van der Waals surface area contributed by atoms with E-state index in [0.717, 1.165) is 33.8 Å². The molecule has 0 aromatic heterocycles. The quantitative estimate of drug-likeness (QED) is 0.885. The summed E-state index contributed by atoms with van der Waals surface area (Å²) in [6.07, 6.45) is 0.884. The van der Waals surface area contributed by atoms with Crippen LogP contribution in [0, 0.1) is 11.3 Å². The molecule has 0 amide bonds. The van der Waals surface area contributed by atoms with Gasteiger partial charge in [-0.15, -0.1) is 0 Å². The number of fused-ring (bicyclic) bond motifs is 1. The molecule has 1 aliphatic rings. The molecule has 106 valence electrons. The summed E-state index contributed by atoms with van der Waals surface area (Å²) < 4.78 is 12.1. The molecule has 0 saturated heterocycles. The number of rotatable bonds is 2. The molecule has 0 spiro atoms. The second-order valence-electron chi connectivity index (χ2n) is 4.68. The molecule has 2 aromatic carbocycles. The van der Waals surface area contributed by atoms with Crippen LogP contribution in [0.4, 0.5) is 11.4 Å². The van der Waals surface area contributed by atoms with E-state index >= 15 is 0 Å². The van der Waals surface area contributed by atoms with Crippen LogP contribution in [-0.4, -0.2) is 13.2 Å². The smallest absolute Gasteiger partial charge is 0.163 e. The molecule has 3 rings (SSSR count). The van der Waals surface area contributed by atoms with Crippen molar-refractivity contribution in [1.82, 2.24) is 0 Å². The number of nitrogens with one attached hydrogen (secondary N) is 1. The monoisotopic (exact) mass is 344 g/mol. The predicted octanol–water partition coefficient (Wildman–Crippen LogP) is 4.23. The fourth-order valence-electron chi connectivity index (χ4n) is 2.13. The van der Waals surface area contributed by atoms with Crippen LogP contribution in [0.5, 0.6) is 11.5 Å². The van der Waals surface area contributed by atoms with Gasteiger partial charge in [0.15, 0.2) is 11.5 Å². The minimum absolute atomic E-state index is 0.598. The average molecular weight is 345 g/mol. The van der Waals surface area contributed by atoms with Gasteiger partial charge in [0, 0.05) is 28.3 Å². The zero-order valence-electron chi connectivity index (χ0n) is 11.2. The van der Waals surface area contributed by atoms with Crippen LogP contribution < -0.4 is 14.8 Å². The summed E-state index contributed by atoms with van der Waals surface area (Å²) >= 11 is 3.40. The molecule has 4 nitrogen and oxygen atoms in total. The fourth-order valence-corrected chi connectivity index (χ4v) is 2.63. The Morgan fingerprint density at radius 3 is 2.62 bits per heavy atom. The second kappa shape index (κ2) is 6.06. The van der Waals surface area contributed by atoms with E-state index in [1.165, 1.54) is 0 Å². The molecule has 0 atom stereocenters. The largest absolute Gasteiger partial charge is 0.490 e. The summed E-state index contributed by atoms with van der Waals surface area (Å²) in [5.41, 5.74) is 2.33.